The molecule has 0 saturated carbocycles. The first-order valence-electron chi connectivity index (χ1n) is 7.25. The van der Waals surface area contributed by atoms with Crippen molar-refractivity contribution in [2.75, 3.05) is 29.9 Å². The molecule has 0 amide bonds. The van der Waals surface area contributed by atoms with E-state index in [1.807, 2.05) is 0 Å². The number of nitrogens with one attached hydrogen (secondary N) is 1. The molecule has 0 aromatic carbocycles. The van der Waals surface area contributed by atoms with Crippen molar-refractivity contribution in [3.8, 4) is 0 Å². The van der Waals surface area contributed by atoms with Gasteiger partial charge in [-0.05, 0) is 43.7 Å². The number of nitrogens with zero attached hydrogens (tertiary/aromatic N) is 2. The Labute approximate surface area is 111 Å². The molecule has 1 unspecified atom stereocenters. The lowest BCUT2D eigenvalue weighted by Crippen LogP contribution is -2.25. The van der Waals surface area contributed by atoms with Crippen molar-refractivity contribution >= 4 is 11.6 Å². The lowest BCUT2D eigenvalue weighted by Gasteiger charge is -2.22. The summed E-state index contributed by atoms with van der Waals surface area (Å²) in [5.41, 5.74) is 0. The lowest BCUT2D eigenvalue weighted by molar-refractivity contribution is 0.521. The largest absolute Gasteiger partial charge is 0.370 e. The summed E-state index contributed by atoms with van der Waals surface area (Å²) in [5, 5.41) is 3.36. The molecule has 1 aliphatic heterocycles. The molecule has 2 heterocycles. The van der Waals surface area contributed by atoms with E-state index in [2.05, 4.69) is 42.3 Å². The van der Waals surface area contributed by atoms with E-state index in [1.165, 1.54) is 19.3 Å². The number of pyridine rings is 1. The zero-order valence-electron chi connectivity index (χ0n) is 11.7. The van der Waals surface area contributed by atoms with Crippen LogP contribution in [0.5, 0.6) is 0 Å². The molecular formula is C15H25N3. The van der Waals surface area contributed by atoms with Gasteiger partial charge in [-0.15, -0.1) is 0 Å². The van der Waals surface area contributed by atoms with E-state index < -0.39 is 0 Å². The summed E-state index contributed by atoms with van der Waals surface area (Å²) in [7, 11) is 0. The highest BCUT2D eigenvalue weighted by Crippen LogP contribution is 2.21. The molecule has 3 heteroatoms. The smallest absolute Gasteiger partial charge is 0.130 e. The van der Waals surface area contributed by atoms with Crippen LogP contribution in [0, 0.1) is 5.92 Å². The van der Waals surface area contributed by atoms with Gasteiger partial charge in [0.1, 0.15) is 11.6 Å². The molecule has 100 valence electrons. The van der Waals surface area contributed by atoms with Crippen LogP contribution in [0.25, 0.3) is 0 Å². The molecule has 0 radical (unpaired) electrons. The monoisotopic (exact) mass is 247 g/mol. The molecule has 0 bridgehead atoms. The molecular weight excluding hydrogens is 222 g/mol. The van der Waals surface area contributed by atoms with Crippen molar-refractivity contribution in [1.82, 2.24) is 4.98 Å². The number of hydrogen-bond donors (Lipinski definition) is 1. The summed E-state index contributed by atoms with van der Waals surface area (Å²) >= 11 is 0. The summed E-state index contributed by atoms with van der Waals surface area (Å²) in [6, 6.07) is 6.29. The van der Waals surface area contributed by atoms with E-state index in [4.69, 9.17) is 4.98 Å². The van der Waals surface area contributed by atoms with Gasteiger partial charge in [-0.1, -0.05) is 19.9 Å². The number of rotatable bonds is 4. The Bertz CT molecular complexity index is 365. The zero-order chi connectivity index (χ0) is 12.8. The second-order valence-electron chi connectivity index (χ2n) is 5.33. The molecule has 1 atom stereocenters. The van der Waals surface area contributed by atoms with Crippen molar-refractivity contribution in [3.63, 3.8) is 0 Å². The predicted octanol–water partition coefficient (Wildman–Crippen LogP) is 3.53. The standard InChI is InChI=1S/C15H25N3/c1-3-10-16-14-7-4-8-15(17-14)18-11-5-6-13(2)9-12-18/h4,7-8,13H,3,5-6,9-12H2,1-2H3,(H,16,17). The third kappa shape index (κ3) is 3.62. The molecule has 1 fully saturated rings. The maximum Gasteiger partial charge on any atom is 0.130 e. The van der Waals surface area contributed by atoms with Crippen molar-refractivity contribution < 1.29 is 0 Å². The number of anilines is 2. The van der Waals surface area contributed by atoms with Gasteiger partial charge in [-0.3, -0.25) is 0 Å². The van der Waals surface area contributed by atoms with E-state index in [0.29, 0.717) is 0 Å². The molecule has 1 aromatic heterocycles. The van der Waals surface area contributed by atoms with E-state index in [-0.39, 0.29) is 0 Å². The number of aromatic nitrogens is 1. The first-order valence-corrected chi connectivity index (χ1v) is 7.25. The quantitative estimate of drug-likeness (QED) is 0.882. The van der Waals surface area contributed by atoms with Crippen LogP contribution in [0.1, 0.15) is 39.5 Å². The highest BCUT2D eigenvalue weighted by atomic mass is 15.2. The van der Waals surface area contributed by atoms with E-state index in [0.717, 1.165) is 43.6 Å². The zero-order valence-corrected chi connectivity index (χ0v) is 11.7. The summed E-state index contributed by atoms with van der Waals surface area (Å²) in [6.45, 7) is 7.82. The van der Waals surface area contributed by atoms with Gasteiger partial charge in [-0.25, -0.2) is 4.98 Å². The highest BCUT2D eigenvalue weighted by molar-refractivity contribution is 5.47. The van der Waals surface area contributed by atoms with Gasteiger partial charge in [0, 0.05) is 19.6 Å². The fourth-order valence-electron chi connectivity index (χ4n) is 2.44. The van der Waals surface area contributed by atoms with Crippen LogP contribution in [-0.4, -0.2) is 24.6 Å². The average Bonchev–Trinajstić information content (AvgIpc) is 2.61. The lowest BCUT2D eigenvalue weighted by atomic mass is 10.0. The topological polar surface area (TPSA) is 28.2 Å². The molecule has 2 rings (SSSR count). The normalized spacial score (nSPS) is 20.6. The van der Waals surface area contributed by atoms with Crippen molar-refractivity contribution in [1.29, 1.82) is 0 Å². The Hall–Kier alpha value is -1.25. The molecule has 1 aromatic rings. The van der Waals surface area contributed by atoms with Crippen LogP contribution in [0.2, 0.25) is 0 Å². The Morgan fingerprint density at radius 3 is 3.06 bits per heavy atom. The van der Waals surface area contributed by atoms with Crippen molar-refractivity contribution in [3.05, 3.63) is 18.2 Å². The van der Waals surface area contributed by atoms with E-state index >= 15 is 0 Å². The van der Waals surface area contributed by atoms with Gasteiger partial charge in [0.2, 0.25) is 0 Å². The highest BCUT2D eigenvalue weighted by Gasteiger charge is 2.15. The third-order valence-electron chi connectivity index (χ3n) is 3.63. The van der Waals surface area contributed by atoms with Gasteiger partial charge < -0.3 is 10.2 Å². The Balaban J connectivity index is 2.02. The first kappa shape index (κ1) is 13.2. The minimum Gasteiger partial charge on any atom is -0.370 e. The average molecular weight is 247 g/mol. The minimum absolute atomic E-state index is 0.858. The van der Waals surface area contributed by atoms with Crippen molar-refractivity contribution in [2.24, 2.45) is 5.92 Å². The molecule has 1 N–H and O–H groups in total. The molecule has 18 heavy (non-hydrogen) atoms. The Morgan fingerprint density at radius 2 is 2.22 bits per heavy atom. The summed E-state index contributed by atoms with van der Waals surface area (Å²) in [4.78, 5) is 7.15. The van der Waals surface area contributed by atoms with Crippen LogP contribution in [0.15, 0.2) is 18.2 Å². The van der Waals surface area contributed by atoms with Crippen LogP contribution < -0.4 is 10.2 Å². The van der Waals surface area contributed by atoms with Gasteiger partial charge >= 0.3 is 0 Å². The van der Waals surface area contributed by atoms with Gasteiger partial charge in [0.05, 0.1) is 0 Å². The maximum atomic E-state index is 4.72. The SMILES string of the molecule is CCCNc1cccc(N2CCCC(C)CC2)n1. The fraction of sp³-hybridized carbons (Fsp3) is 0.667. The molecule has 0 spiro atoms. The van der Waals surface area contributed by atoms with Crippen molar-refractivity contribution in [2.45, 2.75) is 39.5 Å². The second kappa shape index (κ2) is 6.62. The Morgan fingerprint density at radius 1 is 1.33 bits per heavy atom. The summed E-state index contributed by atoms with van der Waals surface area (Å²) in [6.07, 6.45) is 5.06. The van der Waals surface area contributed by atoms with Crippen LogP contribution >= 0.6 is 0 Å². The van der Waals surface area contributed by atoms with E-state index in [1.54, 1.807) is 0 Å². The van der Waals surface area contributed by atoms with Crippen LogP contribution in [0.3, 0.4) is 0 Å². The Kier molecular flexibility index (Phi) is 4.85. The molecule has 0 aliphatic carbocycles. The van der Waals surface area contributed by atoms with Gasteiger partial charge in [0.15, 0.2) is 0 Å². The first-order chi connectivity index (χ1) is 8.79. The fourth-order valence-corrected chi connectivity index (χ4v) is 2.44. The second-order valence-corrected chi connectivity index (χ2v) is 5.33. The molecule has 1 saturated heterocycles. The van der Waals surface area contributed by atoms with E-state index in [9.17, 15) is 0 Å². The summed E-state index contributed by atoms with van der Waals surface area (Å²) in [5.74, 6) is 2.99. The van der Waals surface area contributed by atoms with Gasteiger partial charge in [0.25, 0.3) is 0 Å². The van der Waals surface area contributed by atoms with Crippen LogP contribution in [0.4, 0.5) is 11.6 Å². The third-order valence-corrected chi connectivity index (χ3v) is 3.63. The molecule has 1 aliphatic rings. The molecule has 3 nitrogen and oxygen atoms in total. The predicted molar refractivity (Wildman–Crippen MR) is 78.2 cm³/mol. The minimum atomic E-state index is 0.858. The van der Waals surface area contributed by atoms with Gasteiger partial charge in [-0.2, -0.15) is 0 Å². The number of hydrogen-bond acceptors (Lipinski definition) is 3. The van der Waals surface area contributed by atoms with Crippen LogP contribution in [-0.2, 0) is 0 Å². The maximum absolute atomic E-state index is 4.72. The summed E-state index contributed by atoms with van der Waals surface area (Å²) < 4.78 is 0.